The van der Waals surface area contributed by atoms with Crippen LogP contribution in [0.15, 0.2) is 18.2 Å². The molecule has 6 nitrogen and oxygen atoms in total. The molecule has 108 valence electrons. The number of nitro groups is 1. The molecule has 0 bridgehead atoms. The molecule has 1 heterocycles. The number of para-hydroxylation sites is 1. The van der Waals surface area contributed by atoms with Crippen LogP contribution in [0.25, 0.3) is 0 Å². The van der Waals surface area contributed by atoms with Gasteiger partial charge in [-0.2, -0.15) is 0 Å². The number of rotatable bonds is 4. The Hall–Kier alpha value is -1.82. The quantitative estimate of drug-likeness (QED) is 0.682. The van der Waals surface area contributed by atoms with Gasteiger partial charge in [0.15, 0.2) is 0 Å². The van der Waals surface area contributed by atoms with Gasteiger partial charge in [-0.1, -0.05) is 17.7 Å². The van der Waals surface area contributed by atoms with Gasteiger partial charge >= 0.3 is 11.7 Å². The lowest BCUT2D eigenvalue weighted by atomic mass is 9.93. The topological polar surface area (TPSA) is 83.7 Å². The van der Waals surface area contributed by atoms with Crippen LogP contribution in [0.4, 0.5) is 11.4 Å². The van der Waals surface area contributed by atoms with Crippen LogP contribution in [0.2, 0.25) is 5.02 Å². The number of hydrogen-bond donors (Lipinski definition) is 1. The van der Waals surface area contributed by atoms with Crippen LogP contribution in [0.3, 0.4) is 0 Å². The molecule has 1 N–H and O–H groups in total. The fraction of sp³-hybridized carbons (Fsp3) is 0.462. The first-order chi connectivity index (χ1) is 9.49. The van der Waals surface area contributed by atoms with Crippen molar-refractivity contribution in [1.29, 1.82) is 0 Å². The summed E-state index contributed by atoms with van der Waals surface area (Å²) >= 11 is 5.90. The minimum atomic E-state index is -0.794. The molecule has 7 heteroatoms. The molecule has 2 rings (SSSR count). The normalized spacial score (nSPS) is 16.1. The van der Waals surface area contributed by atoms with Crippen molar-refractivity contribution in [2.75, 3.05) is 18.0 Å². The van der Waals surface area contributed by atoms with E-state index in [2.05, 4.69) is 0 Å². The molecule has 0 amide bonds. The average molecular weight is 299 g/mol. The minimum absolute atomic E-state index is 0.0779. The van der Waals surface area contributed by atoms with E-state index in [1.54, 1.807) is 12.1 Å². The summed E-state index contributed by atoms with van der Waals surface area (Å²) in [6, 6.07) is 4.87. The van der Waals surface area contributed by atoms with Gasteiger partial charge < -0.3 is 10.0 Å². The Labute approximate surface area is 121 Å². The Kier molecular flexibility index (Phi) is 4.44. The van der Waals surface area contributed by atoms with E-state index >= 15 is 0 Å². The van der Waals surface area contributed by atoms with Crippen LogP contribution in [0, 0.1) is 16.0 Å². The largest absolute Gasteiger partial charge is 0.481 e. The number of aliphatic carboxylic acids is 1. The lowest BCUT2D eigenvalue weighted by Gasteiger charge is -2.32. The van der Waals surface area contributed by atoms with Crippen LogP contribution < -0.4 is 4.90 Å². The Morgan fingerprint density at radius 1 is 1.45 bits per heavy atom. The summed E-state index contributed by atoms with van der Waals surface area (Å²) in [6.07, 6.45) is 1.59. The second-order valence-electron chi connectivity index (χ2n) is 4.89. The Bertz CT molecular complexity index is 527. The number of carboxylic acid groups (broad SMARTS) is 1. The van der Waals surface area contributed by atoms with E-state index in [-0.39, 0.29) is 23.0 Å². The molecule has 0 saturated carbocycles. The molecule has 0 atom stereocenters. The fourth-order valence-electron chi connectivity index (χ4n) is 2.56. The van der Waals surface area contributed by atoms with Crippen LogP contribution in [0.1, 0.15) is 19.3 Å². The monoisotopic (exact) mass is 298 g/mol. The van der Waals surface area contributed by atoms with Crippen LogP contribution >= 0.6 is 11.6 Å². The third-order valence-corrected chi connectivity index (χ3v) is 3.87. The highest BCUT2D eigenvalue weighted by atomic mass is 35.5. The standard InChI is InChI=1S/C13H15ClN2O4/c14-10-2-1-3-11(13(10)16(19)20)15-6-4-9(5-7-15)8-12(17)18/h1-3,9H,4-8H2,(H,17,18). The van der Waals surface area contributed by atoms with Gasteiger partial charge in [0.2, 0.25) is 0 Å². The molecule has 1 aromatic rings. The molecule has 0 radical (unpaired) electrons. The fourth-order valence-corrected chi connectivity index (χ4v) is 2.80. The summed E-state index contributed by atoms with van der Waals surface area (Å²) in [5, 5.41) is 20.0. The average Bonchev–Trinajstić information content (AvgIpc) is 2.38. The number of anilines is 1. The van der Waals surface area contributed by atoms with Crippen molar-refractivity contribution in [3.63, 3.8) is 0 Å². The summed E-state index contributed by atoms with van der Waals surface area (Å²) < 4.78 is 0. The first-order valence-corrected chi connectivity index (χ1v) is 6.76. The molecule has 1 saturated heterocycles. The molecule has 0 aromatic heterocycles. The molecule has 0 aliphatic carbocycles. The molecule has 1 fully saturated rings. The van der Waals surface area contributed by atoms with Crippen molar-refractivity contribution in [1.82, 2.24) is 0 Å². The third kappa shape index (κ3) is 3.19. The highest BCUT2D eigenvalue weighted by Crippen LogP contribution is 2.37. The van der Waals surface area contributed by atoms with Gasteiger partial charge in [0.05, 0.1) is 4.92 Å². The van der Waals surface area contributed by atoms with Gasteiger partial charge in [-0.3, -0.25) is 14.9 Å². The summed E-state index contributed by atoms with van der Waals surface area (Å²) in [6.45, 7) is 1.22. The maximum Gasteiger partial charge on any atom is 0.310 e. The van der Waals surface area contributed by atoms with Crippen LogP contribution in [0.5, 0.6) is 0 Å². The molecule has 0 spiro atoms. The van der Waals surface area contributed by atoms with Gasteiger partial charge in [-0.25, -0.2) is 0 Å². The first-order valence-electron chi connectivity index (χ1n) is 6.38. The molecule has 20 heavy (non-hydrogen) atoms. The van der Waals surface area contributed by atoms with Gasteiger partial charge in [0.25, 0.3) is 0 Å². The molecule has 1 aromatic carbocycles. The number of halogens is 1. The number of nitrogens with zero attached hydrogens (tertiary/aromatic N) is 2. The summed E-state index contributed by atoms with van der Waals surface area (Å²) in [5.41, 5.74) is 0.433. The predicted octanol–water partition coefficient (Wildman–Crippen LogP) is 2.94. The van der Waals surface area contributed by atoms with Crippen molar-refractivity contribution < 1.29 is 14.8 Å². The van der Waals surface area contributed by atoms with Crippen LogP contribution in [-0.2, 0) is 4.79 Å². The summed E-state index contributed by atoms with van der Waals surface area (Å²) in [5.74, 6) is -0.654. The maximum absolute atomic E-state index is 11.1. The lowest BCUT2D eigenvalue weighted by molar-refractivity contribution is -0.384. The summed E-state index contributed by atoms with van der Waals surface area (Å²) in [4.78, 5) is 23.2. The molecular formula is C13H15ClN2O4. The predicted molar refractivity (Wildman–Crippen MR) is 75.3 cm³/mol. The van der Waals surface area contributed by atoms with E-state index < -0.39 is 10.9 Å². The van der Waals surface area contributed by atoms with Gasteiger partial charge in [0, 0.05) is 19.5 Å². The van der Waals surface area contributed by atoms with Gasteiger partial charge in [-0.05, 0) is 30.9 Å². The number of hydrogen-bond acceptors (Lipinski definition) is 4. The molecular weight excluding hydrogens is 284 g/mol. The number of carbonyl (C=O) groups is 1. The third-order valence-electron chi connectivity index (χ3n) is 3.57. The number of piperidine rings is 1. The lowest BCUT2D eigenvalue weighted by Crippen LogP contribution is -2.34. The highest BCUT2D eigenvalue weighted by Gasteiger charge is 2.27. The highest BCUT2D eigenvalue weighted by molar-refractivity contribution is 6.33. The van der Waals surface area contributed by atoms with E-state index in [0.717, 1.165) is 12.8 Å². The van der Waals surface area contributed by atoms with E-state index in [1.165, 1.54) is 6.07 Å². The van der Waals surface area contributed by atoms with E-state index in [1.807, 2.05) is 4.90 Å². The van der Waals surface area contributed by atoms with Crippen molar-refractivity contribution in [2.24, 2.45) is 5.92 Å². The first kappa shape index (κ1) is 14.6. The zero-order chi connectivity index (χ0) is 14.7. The number of nitro benzene ring substituents is 1. The number of benzene rings is 1. The minimum Gasteiger partial charge on any atom is -0.481 e. The SMILES string of the molecule is O=C(O)CC1CCN(c2cccc(Cl)c2[N+](=O)[O-])CC1. The number of carboxylic acids is 1. The van der Waals surface area contributed by atoms with Crippen molar-refractivity contribution in [3.05, 3.63) is 33.3 Å². The Morgan fingerprint density at radius 3 is 2.65 bits per heavy atom. The van der Waals surface area contributed by atoms with Crippen molar-refractivity contribution in [2.45, 2.75) is 19.3 Å². The molecule has 1 aliphatic heterocycles. The van der Waals surface area contributed by atoms with E-state index in [0.29, 0.717) is 18.8 Å². The second kappa shape index (κ2) is 6.09. The Morgan fingerprint density at radius 2 is 2.10 bits per heavy atom. The van der Waals surface area contributed by atoms with Crippen molar-refractivity contribution in [3.8, 4) is 0 Å². The smallest absolute Gasteiger partial charge is 0.310 e. The molecule has 1 aliphatic rings. The second-order valence-corrected chi connectivity index (χ2v) is 5.30. The van der Waals surface area contributed by atoms with Gasteiger partial charge in [-0.15, -0.1) is 0 Å². The van der Waals surface area contributed by atoms with Gasteiger partial charge in [0.1, 0.15) is 10.7 Å². The van der Waals surface area contributed by atoms with E-state index in [9.17, 15) is 14.9 Å². The van der Waals surface area contributed by atoms with E-state index in [4.69, 9.17) is 16.7 Å². The Balaban J connectivity index is 2.13. The zero-order valence-electron chi connectivity index (χ0n) is 10.8. The maximum atomic E-state index is 11.1. The van der Waals surface area contributed by atoms with Crippen LogP contribution in [-0.4, -0.2) is 29.1 Å². The molecule has 0 unspecified atom stereocenters. The summed E-state index contributed by atoms with van der Waals surface area (Å²) in [7, 11) is 0. The van der Waals surface area contributed by atoms with Crippen molar-refractivity contribution >= 4 is 28.9 Å². The zero-order valence-corrected chi connectivity index (χ0v) is 11.5.